The lowest BCUT2D eigenvalue weighted by molar-refractivity contribution is 0.365. The molecule has 2 heterocycles. The summed E-state index contributed by atoms with van der Waals surface area (Å²) in [5, 5.41) is 0. The lowest BCUT2D eigenvalue weighted by Gasteiger charge is -2.20. The molecular formula is C20H25BrN4O2. The second-order valence-electron chi connectivity index (χ2n) is 6.74. The van der Waals surface area contributed by atoms with Gasteiger partial charge in [-0.25, -0.2) is 0 Å². The molecule has 0 unspecified atom stereocenters. The van der Waals surface area contributed by atoms with E-state index in [9.17, 15) is 0 Å². The van der Waals surface area contributed by atoms with Crippen molar-refractivity contribution in [2.24, 2.45) is 0 Å². The fourth-order valence-corrected chi connectivity index (χ4v) is 3.58. The van der Waals surface area contributed by atoms with Gasteiger partial charge in [0.05, 0.1) is 11.6 Å². The number of hydrogen-bond acceptors (Lipinski definition) is 6. The highest BCUT2D eigenvalue weighted by Crippen LogP contribution is 2.40. The number of rotatable bonds is 5. The zero-order chi connectivity index (χ0) is 19.4. The lowest BCUT2D eigenvalue weighted by atomic mass is 10.1. The molecular weight excluding hydrogens is 408 g/mol. The van der Waals surface area contributed by atoms with Crippen LogP contribution in [0.25, 0.3) is 5.57 Å². The zero-order valence-electron chi connectivity index (χ0n) is 16.1. The molecule has 1 aromatic heterocycles. The summed E-state index contributed by atoms with van der Waals surface area (Å²) >= 11 is 3.56. The second-order valence-corrected chi connectivity index (χ2v) is 7.59. The van der Waals surface area contributed by atoms with Crippen molar-refractivity contribution in [3.8, 4) is 17.5 Å². The molecule has 27 heavy (non-hydrogen) atoms. The van der Waals surface area contributed by atoms with Crippen LogP contribution < -0.4 is 14.4 Å². The average molecular weight is 433 g/mol. The Kier molecular flexibility index (Phi) is 6.31. The molecule has 0 spiro atoms. The van der Waals surface area contributed by atoms with E-state index in [2.05, 4.69) is 42.4 Å². The Morgan fingerprint density at radius 2 is 1.81 bits per heavy atom. The monoisotopic (exact) mass is 432 g/mol. The number of aromatic nitrogens is 3. The molecule has 0 saturated carbocycles. The normalized spacial score (nSPS) is 14.6. The molecule has 0 radical (unpaired) electrons. The Morgan fingerprint density at radius 1 is 1.11 bits per heavy atom. The maximum atomic E-state index is 6.02. The second kappa shape index (κ2) is 8.69. The summed E-state index contributed by atoms with van der Waals surface area (Å²) in [6, 6.07) is 4.11. The van der Waals surface area contributed by atoms with Crippen molar-refractivity contribution in [2.45, 2.75) is 39.5 Å². The highest BCUT2D eigenvalue weighted by molar-refractivity contribution is 9.10. The van der Waals surface area contributed by atoms with Crippen LogP contribution in [0.4, 0.5) is 5.95 Å². The summed E-state index contributed by atoms with van der Waals surface area (Å²) in [5.74, 6) is 2.44. The van der Waals surface area contributed by atoms with E-state index in [1.165, 1.54) is 12.8 Å². The maximum absolute atomic E-state index is 6.02. The number of hydrogen-bond donors (Lipinski definition) is 0. The van der Waals surface area contributed by atoms with Crippen molar-refractivity contribution >= 4 is 27.5 Å². The first-order chi connectivity index (χ1) is 13.0. The Balaban J connectivity index is 1.92. The van der Waals surface area contributed by atoms with Crippen LogP contribution in [0.15, 0.2) is 23.2 Å². The number of benzene rings is 1. The van der Waals surface area contributed by atoms with Gasteiger partial charge in [-0.1, -0.05) is 25.0 Å². The molecule has 0 N–H and O–H groups in total. The number of ether oxygens (including phenoxy) is 2. The highest BCUT2D eigenvalue weighted by atomic mass is 79.9. The van der Waals surface area contributed by atoms with Gasteiger partial charge in [-0.3, -0.25) is 0 Å². The molecule has 2 aromatic rings. The first-order valence-electron chi connectivity index (χ1n) is 9.17. The molecule has 1 aliphatic rings. The van der Waals surface area contributed by atoms with Gasteiger partial charge in [-0.15, -0.1) is 0 Å². The van der Waals surface area contributed by atoms with E-state index in [1.54, 1.807) is 7.11 Å². The summed E-state index contributed by atoms with van der Waals surface area (Å²) in [5.41, 5.74) is 1.92. The SMILES string of the molecule is C=C(C)c1cc(Br)c(Oc2nc(C)nc(N3CCCCCC3)n2)c(OC)c1. The van der Waals surface area contributed by atoms with Crippen molar-refractivity contribution in [1.82, 2.24) is 15.0 Å². The standard InChI is InChI=1S/C20H25BrN4O2/c1-13(2)15-11-16(21)18(17(12-15)26-4)27-20-23-14(3)22-19(24-20)25-9-7-5-6-8-10-25/h11-12H,1,5-10H2,2-4H3. The van der Waals surface area contributed by atoms with Gasteiger partial charge in [0.1, 0.15) is 5.82 Å². The summed E-state index contributed by atoms with van der Waals surface area (Å²) in [6.45, 7) is 9.71. The molecule has 1 saturated heterocycles. The van der Waals surface area contributed by atoms with Gasteiger partial charge in [-0.2, -0.15) is 15.0 Å². The molecule has 1 aliphatic heterocycles. The minimum Gasteiger partial charge on any atom is -0.493 e. The van der Waals surface area contributed by atoms with Gasteiger partial charge in [0.2, 0.25) is 5.95 Å². The van der Waals surface area contributed by atoms with Gasteiger partial charge in [-0.05, 0) is 60.3 Å². The van der Waals surface area contributed by atoms with Crippen LogP contribution in [0.3, 0.4) is 0 Å². The van der Waals surface area contributed by atoms with Crippen LogP contribution in [-0.2, 0) is 0 Å². The minimum atomic E-state index is 0.267. The zero-order valence-corrected chi connectivity index (χ0v) is 17.7. The molecule has 0 amide bonds. The average Bonchev–Trinajstić information content (AvgIpc) is 2.92. The van der Waals surface area contributed by atoms with Crippen LogP contribution in [-0.4, -0.2) is 35.2 Å². The number of methoxy groups -OCH3 is 1. The maximum Gasteiger partial charge on any atom is 0.327 e. The van der Waals surface area contributed by atoms with Crippen LogP contribution in [0, 0.1) is 6.92 Å². The van der Waals surface area contributed by atoms with E-state index in [-0.39, 0.29) is 6.01 Å². The molecule has 1 aromatic carbocycles. The van der Waals surface area contributed by atoms with Gasteiger partial charge in [0.25, 0.3) is 0 Å². The highest BCUT2D eigenvalue weighted by Gasteiger charge is 2.18. The molecule has 7 heteroatoms. The Morgan fingerprint density at radius 3 is 2.44 bits per heavy atom. The molecule has 6 nitrogen and oxygen atoms in total. The van der Waals surface area contributed by atoms with Gasteiger partial charge >= 0.3 is 6.01 Å². The quantitative estimate of drug-likeness (QED) is 0.650. The van der Waals surface area contributed by atoms with Crippen molar-refractivity contribution in [1.29, 1.82) is 0 Å². The Labute approximate surface area is 168 Å². The fourth-order valence-electron chi connectivity index (χ4n) is 3.06. The molecule has 144 valence electrons. The van der Waals surface area contributed by atoms with Crippen LogP contribution >= 0.6 is 15.9 Å². The summed E-state index contributed by atoms with van der Waals surface area (Å²) in [6.07, 6.45) is 4.82. The Bertz CT molecular complexity index is 833. The van der Waals surface area contributed by atoms with Crippen molar-refractivity contribution < 1.29 is 9.47 Å². The first-order valence-corrected chi connectivity index (χ1v) is 9.96. The van der Waals surface area contributed by atoms with Crippen LogP contribution in [0.1, 0.15) is 44.0 Å². The van der Waals surface area contributed by atoms with Crippen LogP contribution in [0.2, 0.25) is 0 Å². The third-order valence-corrected chi connectivity index (χ3v) is 5.11. The number of aryl methyl sites for hydroxylation is 1. The first kappa shape index (κ1) is 19.6. The molecule has 0 atom stereocenters. The molecule has 1 fully saturated rings. The van der Waals surface area contributed by atoms with Crippen molar-refractivity contribution in [3.63, 3.8) is 0 Å². The minimum absolute atomic E-state index is 0.267. The van der Waals surface area contributed by atoms with Crippen molar-refractivity contribution in [3.05, 3.63) is 34.6 Å². The fraction of sp³-hybridized carbons (Fsp3) is 0.450. The molecule has 0 aliphatic carbocycles. The van der Waals surface area contributed by atoms with E-state index in [0.29, 0.717) is 23.3 Å². The van der Waals surface area contributed by atoms with Crippen molar-refractivity contribution in [2.75, 3.05) is 25.1 Å². The van der Waals surface area contributed by atoms with Gasteiger partial charge < -0.3 is 14.4 Å². The third kappa shape index (κ3) is 4.77. The van der Waals surface area contributed by atoms with Gasteiger partial charge in [0.15, 0.2) is 11.5 Å². The molecule has 0 bridgehead atoms. The summed E-state index contributed by atoms with van der Waals surface area (Å²) in [7, 11) is 1.61. The third-order valence-electron chi connectivity index (χ3n) is 4.52. The summed E-state index contributed by atoms with van der Waals surface area (Å²) < 4.78 is 12.3. The summed E-state index contributed by atoms with van der Waals surface area (Å²) in [4.78, 5) is 15.6. The predicted octanol–water partition coefficient (Wildman–Crippen LogP) is 5.16. The number of nitrogens with zero attached hydrogens (tertiary/aromatic N) is 4. The number of allylic oxidation sites excluding steroid dienone is 1. The molecule has 3 rings (SSSR count). The van der Waals surface area contributed by atoms with E-state index < -0.39 is 0 Å². The lowest BCUT2D eigenvalue weighted by Crippen LogP contribution is -2.26. The van der Waals surface area contributed by atoms with Crippen LogP contribution in [0.5, 0.6) is 17.5 Å². The van der Waals surface area contributed by atoms with Gasteiger partial charge in [0, 0.05) is 13.1 Å². The smallest absolute Gasteiger partial charge is 0.327 e. The van der Waals surface area contributed by atoms with E-state index in [1.807, 2.05) is 26.0 Å². The van der Waals surface area contributed by atoms with E-state index in [0.717, 1.165) is 41.5 Å². The number of anilines is 1. The van der Waals surface area contributed by atoms with E-state index in [4.69, 9.17) is 9.47 Å². The Hall–Kier alpha value is -2.15. The number of halogens is 1. The van der Waals surface area contributed by atoms with E-state index >= 15 is 0 Å². The predicted molar refractivity (Wildman–Crippen MR) is 111 cm³/mol. The topological polar surface area (TPSA) is 60.4 Å². The largest absolute Gasteiger partial charge is 0.493 e.